The molecule has 0 aromatic carbocycles. The lowest BCUT2D eigenvalue weighted by molar-refractivity contribution is -0.152. The number of unbranched alkanes of at least 4 members (excludes halogenated alkanes) is 1. The average Bonchev–Trinajstić information content (AvgIpc) is 2.82. The van der Waals surface area contributed by atoms with Crippen LogP contribution in [0.4, 0.5) is 0 Å². The van der Waals surface area contributed by atoms with E-state index in [0.29, 0.717) is 19.3 Å². The molecule has 0 aromatic rings. The fourth-order valence-electron chi connectivity index (χ4n) is 3.06. The molecule has 0 bridgehead atoms. The molecule has 0 saturated heterocycles. The first-order valence-corrected chi connectivity index (χ1v) is 8.75. The maximum Gasteiger partial charge on any atom is 0.306 e. The first-order valence-electron chi connectivity index (χ1n) is 8.75. The van der Waals surface area contributed by atoms with Crippen LogP contribution >= 0.6 is 0 Å². The molecule has 4 nitrogen and oxygen atoms in total. The highest BCUT2D eigenvalue weighted by molar-refractivity contribution is 5.70. The van der Waals surface area contributed by atoms with E-state index in [1.807, 2.05) is 0 Å². The number of carbonyl (C=O) groups is 2. The fraction of sp³-hybridized carbons (Fsp3) is 0.889. The van der Waals surface area contributed by atoms with Gasteiger partial charge in [0, 0.05) is 12.8 Å². The van der Waals surface area contributed by atoms with Crippen molar-refractivity contribution in [2.75, 3.05) is 0 Å². The van der Waals surface area contributed by atoms with Gasteiger partial charge in [0.05, 0.1) is 6.42 Å². The average molecular weight is 312 g/mol. The minimum Gasteiger partial charge on any atom is -0.462 e. The molecule has 1 aliphatic carbocycles. The molecule has 0 radical (unpaired) electrons. The van der Waals surface area contributed by atoms with Crippen molar-refractivity contribution in [2.45, 2.75) is 97.7 Å². The first kappa shape index (κ1) is 19.0. The van der Waals surface area contributed by atoms with Crippen LogP contribution in [-0.2, 0) is 19.1 Å². The highest BCUT2D eigenvalue weighted by Crippen LogP contribution is 2.30. The quantitative estimate of drug-likeness (QED) is 0.592. The van der Waals surface area contributed by atoms with Crippen LogP contribution in [0.1, 0.15) is 85.5 Å². The van der Waals surface area contributed by atoms with Crippen LogP contribution in [0, 0.1) is 5.41 Å². The summed E-state index contributed by atoms with van der Waals surface area (Å²) in [6, 6.07) is 0. The predicted octanol–water partition coefficient (Wildman–Crippen LogP) is 4.40. The van der Waals surface area contributed by atoms with Gasteiger partial charge in [0.15, 0.2) is 0 Å². The smallest absolute Gasteiger partial charge is 0.306 e. The summed E-state index contributed by atoms with van der Waals surface area (Å²) in [6.07, 6.45) is 6.98. The van der Waals surface area contributed by atoms with Gasteiger partial charge in [0.2, 0.25) is 0 Å². The van der Waals surface area contributed by atoms with E-state index in [4.69, 9.17) is 9.47 Å². The van der Waals surface area contributed by atoms with E-state index < -0.39 is 0 Å². The van der Waals surface area contributed by atoms with Crippen molar-refractivity contribution in [1.29, 1.82) is 0 Å². The van der Waals surface area contributed by atoms with Crippen LogP contribution in [0.3, 0.4) is 0 Å². The summed E-state index contributed by atoms with van der Waals surface area (Å²) in [7, 11) is 0. The zero-order chi connectivity index (χ0) is 16.6. The zero-order valence-corrected chi connectivity index (χ0v) is 14.7. The lowest BCUT2D eigenvalue weighted by Crippen LogP contribution is -2.23. The van der Waals surface area contributed by atoms with Gasteiger partial charge >= 0.3 is 11.9 Å². The van der Waals surface area contributed by atoms with Crippen LogP contribution in [0.25, 0.3) is 0 Å². The second kappa shape index (κ2) is 9.16. The van der Waals surface area contributed by atoms with E-state index in [2.05, 4.69) is 27.7 Å². The Morgan fingerprint density at radius 1 is 1.00 bits per heavy atom. The standard InChI is InChI=1S/C18H32O4/c1-5-7-8-16(19)21-14-9-10-15(12-14)22-17(20)13-18(3,4)11-6-2/h14-15H,5-13H2,1-4H3/t14-,15+/m0/s1. The normalized spacial score (nSPS) is 21.6. The monoisotopic (exact) mass is 312 g/mol. The molecule has 1 saturated carbocycles. The molecule has 128 valence electrons. The maximum absolute atomic E-state index is 12.0. The van der Waals surface area contributed by atoms with Gasteiger partial charge in [-0.15, -0.1) is 0 Å². The summed E-state index contributed by atoms with van der Waals surface area (Å²) < 4.78 is 11.0. The van der Waals surface area contributed by atoms with Crippen molar-refractivity contribution in [2.24, 2.45) is 5.41 Å². The molecule has 0 amide bonds. The van der Waals surface area contributed by atoms with Gasteiger partial charge in [0.25, 0.3) is 0 Å². The number of rotatable bonds is 9. The molecule has 0 aliphatic heterocycles. The topological polar surface area (TPSA) is 52.6 Å². The molecule has 4 heteroatoms. The molecule has 0 unspecified atom stereocenters. The minimum absolute atomic E-state index is 0.00351. The predicted molar refractivity (Wildman–Crippen MR) is 86.4 cm³/mol. The molecule has 1 rings (SSSR count). The third-order valence-corrected chi connectivity index (χ3v) is 4.22. The van der Waals surface area contributed by atoms with Crippen LogP contribution in [0.2, 0.25) is 0 Å². The summed E-state index contributed by atoms with van der Waals surface area (Å²) in [5.74, 6) is -0.246. The van der Waals surface area contributed by atoms with Crippen LogP contribution < -0.4 is 0 Å². The molecule has 2 atom stereocenters. The summed E-state index contributed by atoms with van der Waals surface area (Å²) >= 11 is 0. The Morgan fingerprint density at radius 2 is 1.59 bits per heavy atom. The van der Waals surface area contributed by atoms with E-state index in [-0.39, 0.29) is 29.6 Å². The second-order valence-corrected chi connectivity index (χ2v) is 7.23. The SMILES string of the molecule is CCCCC(=O)O[C@H]1CC[C@@H](OC(=O)CC(C)(C)CCC)C1. The Balaban J connectivity index is 2.29. The van der Waals surface area contributed by atoms with E-state index >= 15 is 0 Å². The highest BCUT2D eigenvalue weighted by atomic mass is 16.6. The maximum atomic E-state index is 12.0. The highest BCUT2D eigenvalue weighted by Gasteiger charge is 2.31. The number of carbonyl (C=O) groups excluding carboxylic acids is 2. The molecular formula is C18H32O4. The Labute approximate surface area is 134 Å². The van der Waals surface area contributed by atoms with Gasteiger partial charge in [-0.05, 0) is 31.1 Å². The van der Waals surface area contributed by atoms with Crippen molar-refractivity contribution in [1.82, 2.24) is 0 Å². The number of esters is 2. The molecule has 0 spiro atoms. The van der Waals surface area contributed by atoms with Gasteiger partial charge in [-0.1, -0.05) is 40.5 Å². The van der Waals surface area contributed by atoms with E-state index in [1.54, 1.807) is 0 Å². The zero-order valence-electron chi connectivity index (χ0n) is 14.7. The van der Waals surface area contributed by atoms with Crippen molar-refractivity contribution in [3.05, 3.63) is 0 Å². The van der Waals surface area contributed by atoms with Crippen molar-refractivity contribution in [3.8, 4) is 0 Å². The van der Waals surface area contributed by atoms with Gasteiger partial charge < -0.3 is 9.47 Å². The van der Waals surface area contributed by atoms with Crippen molar-refractivity contribution >= 4 is 11.9 Å². The molecule has 1 aliphatic rings. The van der Waals surface area contributed by atoms with E-state index in [1.165, 1.54) is 0 Å². The molecule has 22 heavy (non-hydrogen) atoms. The van der Waals surface area contributed by atoms with Gasteiger partial charge in [-0.25, -0.2) is 0 Å². The second-order valence-electron chi connectivity index (χ2n) is 7.23. The molecule has 0 heterocycles. The van der Waals surface area contributed by atoms with Crippen LogP contribution in [0.15, 0.2) is 0 Å². The Bertz CT molecular complexity index is 362. The third kappa shape index (κ3) is 7.28. The minimum atomic E-state index is -0.124. The lowest BCUT2D eigenvalue weighted by atomic mass is 9.85. The van der Waals surface area contributed by atoms with Crippen LogP contribution in [-0.4, -0.2) is 24.1 Å². The van der Waals surface area contributed by atoms with Crippen molar-refractivity contribution < 1.29 is 19.1 Å². The number of hydrogen-bond donors (Lipinski definition) is 0. The molecule has 0 aromatic heterocycles. The molecule has 1 fully saturated rings. The van der Waals surface area contributed by atoms with E-state index in [0.717, 1.165) is 38.5 Å². The Kier molecular flexibility index (Phi) is 7.91. The Hall–Kier alpha value is -1.06. The molecule has 0 N–H and O–H groups in total. The van der Waals surface area contributed by atoms with Gasteiger partial charge in [-0.3, -0.25) is 9.59 Å². The fourth-order valence-corrected chi connectivity index (χ4v) is 3.06. The largest absolute Gasteiger partial charge is 0.462 e. The van der Waals surface area contributed by atoms with E-state index in [9.17, 15) is 9.59 Å². The summed E-state index contributed by atoms with van der Waals surface area (Å²) in [6.45, 7) is 8.38. The molecular weight excluding hydrogens is 280 g/mol. The number of ether oxygens (including phenoxy) is 2. The Morgan fingerprint density at radius 3 is 2.14 bits per heavy atom. The third-order valence-electron chi connectivity index (χ3n) is 4.22. The summed E-state index contributed by atoms with van der Waals surface area (Å²) in [5.41, 5.74) is -0.00351. The summed E-state index contributed by atoms with van der Waals surface area (Å²) in [5, 5.41) is 0. The summed E-state index contributed by atoms with van der Waals surface area (Å²) in [4.78, 5) is 23.6. The van der Waals surface area contributed by atoms with Crippen molar-refractivity contribution in [3.63, 3.8) is 0 Å². The lowest BCUT2D eigenvalue weighted by Gasteiger charge is -2.23. The first-order chi connectivity index (χ1) is 10.4. The van der Waals surface area contributed by atoms with Gasteiger partial charge in [-0.2, -0.15) is 0 Å². The van der Waals surface area contributed by atoms with Crippen LogP contribution in [0.5, 0.6) is 0 Å². The number of hydrogen-bond acceptors (Lipinski definition) is 4. The van der Waals surface area contributed by atoms with Gasteiger partial charge in [0.1, 0.15) is 12.2 Å².